The largest absolute Gasteiger partial charge is 0.372 e. The summed E-state index contributed by atoms with van der Waals surface area (Å²) in [5.74, 6) is 2.23. The third-order valence-electron chi connectivity index (χ3n) is 2.39. The van der Waals surface area contributed by atoms with Gasteiger partial charge in [-0.05, 0) is 13.3 Å². The summed E-state index contributed by atoms with van der Waals surface area (Å²) in [6.45, 7) is 4.84. The third-order valence-corrected chi connectivity index (χ3v) is 2.39. The molecule has 0 fully saturated rings. The van der Waals surface area contributed by atoms with Crippen molar-refractivity contribution in [1.29, 1.82) is 0 Å². The molecule has 2 rings (SSSR count). The van der Waals surface area contributed by atoms with Crippen LogP contribution in [0.15, 0.2) is 9.98 Å². The topological polar surface area (TPSA) is 48.8 Å². The van der Waals surface area contributed by atoms with Crippen molar-refractivity contribution in [2.75, 3.05) is 19.6 Å². The highest BCUT2D eigenvalue weighted by molar-refractivity contribution is 5.84. The molecule has 1 unspecified atom stereocenters. The second-order valence-electron chi connectivity index (χ2n) is 3.58. The highest BCUT2D eigenvalue weighted by atomic mass is 15.1. The number of rotatable bonds is 2. The first-order valence-electron chi connectivity index (χ1n) is 4.89. The van der Waals surface area contributed by atoms with Gasteiger partial charge in [-0.3, -0.25) is 9.98 Å². The molecule has 2 N–H and O–H groups in total. The van der Waals surface area contributed by atoms with Crippen LogP contribution in [-0.2, 0) is 0 Å². The van der Waals surface area contributed by atoms with Crippen LogP contribution in [0.4, 0.5) is 0 Å². The number of hydrogen-bond donors (Lipinski definition) is 2. The van der Waals surface area contributed by atoms with Gasteiger partial charge in [-0.1, -0.05) is 0 Å². The summed E-state index contributed by atoms with van der Waals surface area (Å²) in [7, 11) is 0. The van der Waals surface area contributed by atoms with Gasteiger partial charge in [0.15, 0.2) is 0 Å². The average molecular weight is 180 g/mol. The Balaban J connectivity index is 1.69. The van der Waals surface area contributed by atoms with E-state index < -0.39 is 0 Å². The molecule has 13 heavy (non-hydrogen) atoms. The lowest BCUT2D eigenvalue weighted by molar-refractivity contribution is 0.631. The molecular weight excluding hydrogens is 164 g/mol. The van der Waals surface area contributed by atoms with Gasteiger partial charge in [0.25, 0.3) is 0 Å². The van der Waals surface area contributed by atoms with E-state index in [1.54, 1.807) is 0 Å². The Bertz CT molecular complexity index is 244. The van der Waals surface area contributed by atoms with Crippen molar-refractivity contribution in [3.05, 3.63) is 0 Å². The molecular formula is C9H16N4. The van der Waals surface area contributed by atoms with Crippen molar-refractivity contribution in [2.45, 2.75) is 25.8 Å². The van der Waals surface area contributed by atoms with Crippen molar-refractivity contribution in [1.82, 2.24) is 10.6 Å². The Labute approximate surface area is 78.5 Å². The normalized spacial score (nSPS) is 26.7. The molecule has 0 aromatic rings. The smallest absolute Gasteiger partial charge is 0.0964 e. The Hall–Kier alpha value is -1.06. The fourth-order valence-electron chi connectivity index (χ4n) is 1.67. The molecule has 1 atom stereocenters. The van der Waals surface area contributed by atoms with Crippen LogP contribution in [0.1, 0.15) is 19.8 Å². The molecule has 0 aliphatic carbocycles. The molecule has 4 nitrogen and oxygen atoms in total. The van der Waals surface area contributed by atoms with Crippen LogP contribution < -0.4 is 10.6 Å². The van der Waals surface area contributed by atoms with E-state index in [0.717, 1.165) is 31.9 Å². The van der Waals surface area contributed by atoms with E-state index in [1.165, 1.54) is 12.3 Å². The lowest BCUT2D eigenvalue weighted by atomic mass is 10.3. The van der Waals surface area contributed by atoms with Crippen molar-refractivity contribution in [3.8, 4) is 0 Å². The zero-order chi connectivity index (χ0) is 9.10. The lowest BCUT2D eigenvalue weighted by Crippen LogP contribution is -2.40. The van der Waals surface area contributed by atoms with Gasteiger partial charge in [0.2, 0.25) is 0 Å². The fourth-order valence-corrected chi connectivity index (χ4v) is 1.67. The Kier molecular flexibility index (Phi) is 2.47. The molecule has 0 bridgehead atoms. The minimum absolute atomic E-state index is 0.461. The summed E-state index contributed by atoms with van der Waals surface area (Å²) < 4.78 is 0. The predicted molar refractivity (Wildman–Crippen MR) is 54.4 cm³/mol. The van der Waals surface area contributed by atoms with Crippen molar-refractivity contribution < 1.29 is 0 Å². The summed E-state index contributed by atoms with van der Waals surface area (Å²) in [5.41, 5.74) is 0. The maximum atomic E-state index is 4.36. The zero-order valence-corrected chi connectivity index (χ0v) is 8.01. The van der Waals surface area contributed by atoms with Crippen LogP contribution in [0.3, 0.4) is 0 Å². The van der Waals surface area contributed by atoms with E-state index >= 15 is 0 Å². The van der Waals surface area contributed by atoms with E-state index in [4.69, 9.17) is 0 Å². The number of nitrogens with zero attached hydrogens (tertiary/aromatic N) is 2. The fraction of sp³-hybridized carbons (Fsp3) is 0.778. The minimum atomic E-state index is 0.461. The van der Waals surface area contributed by atoms with Crippen LogP contribution in [-0.4, -0.2) is 37.3 Å². The van der Waals surface area contributed by atoms with Gasteiger partial charge in [0.05, 0.1) is 24.3 Å². The third kappa shape index (κ3) is 2.20. The first kappa shape index (κ1) is 8.53. The van der Waals surface area contributed by atoms with Gasteiger partial charge in [-0.2, -0.15) is 0 Å². The Morgan fingerprint density at radius 2 is 2.46 bits per heavy atom. The molecule has 0 aromatic carbocycles. The van der Waals surface area contributed by atoms with Crippen molar-refractivity contribution in [3.63, 3.8) is 0 Å². The first-order chi connectivity index (χ1) is 6.34. The molecule has 0 saturated carbocycles. The lowest BCUT2D eigenvalue weighted by Gasteiger charge is -2.12. The highest BCUT2D eigenvalue weighted by Crippen LogP contribution is 2.01. The maximum absolute atomic E-state index is 4.36. The van der Waals surface area contributed by atoms with E-state index in [9.17, 15) is 0 Å². The second-order valence-corrected chi connectivity index (χ2v) is 3.58. The number of aliphatic imine (C=N–C) groups is 2. The highest BCUT2D eigenvalue weighted by Gasteiger charge is 2.15. The SMILES string of the molecule is CC1=NCC(CNC2=NCCC2)N1. The van der Waals surface area contributed by atoms with Crippen LogP contribution in [0.2, 0.25) is 0 Å². The molecule has 0 radical (unpaired) electrons. The van der Waals surface area contributed by atoms with Gasteiger partial charge in [-0.25, -0.2) is 0 Å². The van der Waals surface area contributed by atoms with Crippen LogP contribution in [0.25, 0.3) is 0 Å². The minimum Gasteiger partial charge on any atom is -0.372 e. The monoisotopic (exact) mass is 180 g/mol. The number of amidine groups is 2. The van der Waals surface area contributed by atoms with Gasteiger partial charge in [-0.15, -0.1) is 0 Å². The molecule has 72 valence electrons. The first-order valence-corrected chi connectivity index (χ1v) is 4.89. The molecule has 4 heteroatoms. The zero-order valence-electron chi connectivity index (χ0n) is 8.01. The van der Waals surface area contributed by atoms with E-state index in [2.05, 4.69) is 20.6 Å². The van der Waals surface area contributed by atoms with Gasteiger partial charge < -0.3 is 10.6 Å². The van der Waals surface area contributed by atoms with Gasteiger partial charge in [0.1, 0.15) is 0 Å². The predicted octanol–water partition coefficient (Wildman–Crippen LogP) is 0.158. The van der Waals surface area contributed by atoms with Crippen LogP contribution >= 0.6 is 0 Å². The number of nitrogens with one attached hydrogen (secondary N) is 2. The molecule has 0 aromatic heterocycles. The Morgan fingerprint density at radius 3 is 3.08 bits per heavy atom. The molecule has 2 heterocycles. The standard InChI is InChI=1S/C9H16N4/c1-7-11-5-8(13-7)6-12-9-3-2-4-10-9/h8H,2-6H2,1H3,(H,10,12)(H,11,13). The molecule has 2 aliphatic rings. The maximum Gasteiger partial charge on any atom is 0.0964 e. The Morgan fingerprint density at radius 1 is 1.54 bits per heavy atom. The molecule has 0 amide bonds. The summed E-state index contributed by atoms with van der Waals surface area (Å²) in [5, 5.41) is 6.67. The van der Waals surface area contributed by atoms with Gasteiger partial charge >= 0.3 is 0 Å². The van der Waals surface area contributed by atoms with Gasteiger partial charge in [0, 0.05) is 19.5 Å². The summed E-state index contributed by atoms with van der Waals surface area (Å²) in [4.78, 5) is 8.64. The quantitative estimate of drug-likeness (QED) is 0.636. The molecule has 2 aliphatic heterocycles. The van der Waals surface area contributed by atoms with E-state index in [0.29, 0.717) is 6.04 Å². The van der Waals surface area contributed by atoms with Crippen molar-refractivity contribution >= 4 is 11.7 Å². The van der Waals surface area contributed by atoms with E-state index in [-0.39, 0.29) is 0 Å². The summed E-state index contributed by atoms with van der Waals surface area (Å²) >= 11 is 0. The molecule has 0 saturated heterocycles. The summed E-state index contributed by atoms with van der Waals surface area (Å²) in [6.07, 6.45) is 2.32. The van der Waals surface area contributed by atoms with E-state index in [1.807, 2.05) is 6.92 Å². The van der Waals surface area contributed by atoms with Crippen LogP contribution in [0, 0.1) is 0 Å². The second kappa shape index (κ2) is 3.77. The summed E-state index contributed by atoms with van der Waals surface area (Å²) in [6, 6.07) is 0.461. The molecule has 0 spiro atoms. The van der Waals surface area contributed by atoms with Crippen LogP contribution in [0.5, 0.6) is 0 Å². The van der Waals surface area contributed by atoms with Crippen molar-refractivity contribution in [2.24, 2.45) is 9.98 Å². The average Bonchev–Trinajstić information content (AvgIpc) is 2.71. The number of hydrogen-bond acceptors (Lipinski definition) is 4.